The highest BCUT2D eigenvalue weighted by Crippen LogP contribution is 2.61. The van der Waals surface area contributed by atoms with Crippen molar-refractivity contribution in [3.05, 3.63) is 0 Å². The van der Waals surface area contributed by atoms with E-state index in [4.69, 9.17) is 5.73 Å². The molecule has 18 heavy (non-hydrogen) atoms. The Morgan fingerprint density at radius 2 is 1.61 bits per heavy atom. The van der Waals surface area contributed by atoms with Crippen LogP contribution in [0.1, 0.15) is 78.1 Å². The lowest BCUT2D eigenvalue weighted by Gasteiger charge is -2.57. The molecule has 0 radical (unpaired) electrons. The van der Waals surface area contributed by atoms with Gasteiger partial charge in [-0.15, -0.1) is 0 Å². The number of hydrogen-bond donors (Lipinski definition) is 1. The summed E-state index contributed by atoms with van der Waals surface area (Å²) in [5, 5.41) is 0.926. The van der Waals surface area contributed by atoms with Gasteiger partial charge in [0.15, 0.2) is 0 Å². The highest BCUT2D eigenvalue weighted by molar-refractivity contribution is 8.01. The predicted molar refractivity (Wildman–Crippen MR) is 83.1 cm³/mol. The topological polar surface area (TPSA) is 26.0 Å². The van der Waals surface area contributed by atoms with Crippen LogP contribution in [0, 0.1) is 5.41 Å². The molecule has 2 aliphatic carbocycles. The maximum Gasteiger partial charge on any atom is 0.0295 e. The molecule has 1 nitrogen and oxygen atoms in total. The van der Waals surface area contributed by atoms with E-state index in [1.54, 1.807) is 0 Å². The lowest BCUT2D eigenvalue weighted by molar-refractivity contribution is 0.0611. The molecule has 0 spiro atoms. The van der Waals surface area contributed by atoms with Crippen molar-refractivity contribution in [1.82, 2.24) is 0 Å². The van der Waals surface area contributed by atoms with Crippen LogP contribution in [0.3, 0.4) is 0 Å². The van der Waals surface area contributed by atoms with E-state index in [0.29, 0.717) is 10.2 Å². The molecule has 0 saturated heterocycles. The molecule has 0 atom stereocenters. The van der Waals surface area contributed by atoms with Crippen LogP contribution >= 0.6 is 11.8 Å². The first kappa shape index (κ1) is 14.7. The maximum absolute atomic E-state index is 6.14. The average molecular weight is 269 g/mol. The summed E-state index contributed by atoms with van der Waals surface area (Å²) in [4.78, 5) is 0. The third-order valence-corrected chi connectivity index (χ3v) is 6.81. The van der Waals surface area contributed by atoms with Gasteiger partial charge in [0.05, 0.1) is 0 Å². The molecule has 2 rings (SSSR count). The summed E-state index contributed by atoms with van der Waals surface area (Å²) < 4.78 is 0.458. The molecule has 0 unspecified atom stereocenters. The summed E-state index contributed by atoms with van der Waals surface area (Å²) in [5.41, 5.74) is 6.80. The summed E-state index contributed by atoms with van der Waals surface area (Å²) in [6.45, 7) is 5.58. The predicted octanol–water partition coefficient (Wildman–Crippen LogP) is 4.74. The van der Waals surface area contributed by atoms with E-state index >= 15 is 0 Å². The van der Waals surface area contributed by atoms with Crippen LogP contribution in [-0.4, -0.2) is 16.5 Å². The summed E-state index contributed by atoms with van der Waals surface area (Å²) in [5.74, 6) is 0. The van der Waals surface area contributed by atoms with Crippen molar-refractivity contribution < 1.29 is 0 Å². The second-order valence-corrected chi connectivity index (χ2v) is 8.53. The SMILES string of the molecule is CCCC1(CCC)CC(CN)(SC2CCCC2)C1. The highest BCUT2D eigenvalue weighted by Gasteiger charge is 2.53. The summed E-state index contributed by atoms with van der Waals surface area (Å²) in [7, 11) is 0. The largest absolute Gasteiger partial charge is 0.329 e. The molecule has 106 valence electrons. The van der Waals surface area contributed by atoms with E-state index in [9.17, 15) is 0 Å². The lowest BCUT2D eigenvalue weighted by Crippen LogP contribution is -2.54. The monoisotopic (exact) mass is 269 g/mol. The fourth-order valence-corrected chi connectivity index (χ4v) is 6.64. The lowest BCUT2D eigenvalue weighted by atomic mass is 9.57. The Morgan fingerprint density at radius 1 is 1.06 bits per heavy atom. The number of nitrogens with two attached hydrogens (primary N) is 1. The molecule has 2 heteroatoms. The van der Waals surface area contributed by atoms with Gasteiger partial charge in [-0.1, -0.05) is 39.5 Å². The molecule has 0 amide bonds. The zero-order valence-electron chi connectivity index (χ0n) is 12.3. The molecular formula is C16H31NS. The van der Waals surface area contributed by atoms with E-state index in [1.165, 1.54) is 64.2 Å². The minimum atomic E-state index is 0.458. The quantitative estimate of drug-likeness (QED) is 0.722. The Hall–Kier alpha value is 0.310. The zero-order valence-corrected chi connectivity index (χ0v) is 13.2. The summed E-state index contributed by atoms with van der Waals surface area (Å²) in [6, 6.07) is 0. The molecule has 2 saturated carbocycles. The second-order valence-electron chi connectivity index (χ2n) is 6.77. The third-order valence-electron chi connectivity index (χ3n) is 5.05. The van der Waals surface area contributed by atoms with Gasteiger partial charge in [0, 0.05) is 16.5 Å². The molecule has 2 N–H and O–H groups in total. The van der Waals surface area contributed by atoms with Crippen LogP contribution in [0.15, 0.2) is 0 Å². The molecular weight excluding hydrogens is 238 g/mol. The van der Waals surface area contributed by atoms with Crippen LogP contribution in [0.2, 0.25) is 0 Å². The van der Waals surface area contributed by atoms with E-state index in [2.05, 4.69) is 25.6 Å². The summed E-state index contributed by atoms with van der Waals surface area (Å²) in [6.07, 6.45) is 14.1. The van der Waals surface area contributed by atoms with Crippen LogP contribution in [0.4, 0.5) is 0 Å². The first-order chi connectivity index (χ1) is 8.67. The molecule has 0 heterocycles. The van der Waals surface area contributed by atoms with Crippen molar-refractivity contribution in [2.45, 2.75) is 88.1 Å². The zero-order chi connectivity index (χ0) is 13.1. The van der Waals surface area contributed by atoms with Gasteiger partial charge in [-0.3, -0.25) is 0 Å². The first-order valence-corrected chi connectivity index (χ1v) is 8.93. The van der Waals surface area contributed by atoms with Crippen LogP contribution in [0.25, 0.3) is 0 Å². The van der Waals surface area contributed by atoms with Gasteiger partial charge in [0.25, 0.3) is 0 Å². The van der Waals surface area contributed by atoms with E-state index in [1.807, 2.05) is 0 Å². The van der Waals surface area contributed by atoms with Crippen molar-refractivity contribution in [3.8, 4) is 0 Å². The normalized spacial score (nSPS) is 26.2. The molecule has 0 aromatic rings. The molecule has 0 bridgehead atoms. The van der Waals surface area contributed by atoms with Gasteiger partial charge in [-0.05, 0) is 43.9 Å². The molecule has 2 aliphatic rings. The summed E-state index contributed by atoms with van der Waals surface area (Å²) >= 11 is 2.27. The van der Waals surface area contributed by atoms with Crippen molar-refractivity contribution in [3.63, 3.8) is 0 Å². The third kappa shape index (κ3) is 3.07. The Labute approximate surface area is 118 Å². The number of hydrogen-bond acceptors (Lipinski definition) is 2. The Kier molecular flexibility index (Phi) is 5.05. The highest BCUT2D eigenvalue weighted by atomic mass is 32.2. The van der Waals surface area contributed by atoms with Crippen LogP contribution in [0.5, 0.6) is 0 Å². The van der Waals surface area contributed by atoms with Crippen molar-refractivity contribution in [2.75, 3.05) is 6.54 Å². The van der Waals surface area contributed by atoms with Gasteiger partial charge in [-0.2, -0.15) is 11.8 Å². The van der Waals surface area contributed by atoms with Gasteiger partial charge >= 0.3 is 0 Å². The fraction of sp³-hybridized carbons (Fsp3) is 1.00. The molecule has 2 fully saturated rings. The Bertz CT molecular complexity index is 244. The first-order valence-electron chi connectivity index (χ1n) is 8.05. The molecule has 0 aromatic heterocycles. The maximum atomic E-state index is 6.14. The second kappa shape index (κ2) is 6.17. The average Bonchev–Trinajstić information content (AvgIpc) is 2.80. The Morgan fingerprint density at radius 3 is 2.06 bits per heavy atom. The van der Waals surface area contributed by atoms with Gasteiger partial charge in [0.2, 0.25) is 0 Å². The van der Waals surface area contributed by atoms with Crippen molar-refractivity contribution >= 4 is 11.8 Å². The minimum absolute atomic E-state index is 0.458. The molecule has 0 aromatic carbocycles. The van der Waals surface area contributed by atoms with Crippen LogP contribution < -0.4 is 5.73 Å². The standard InChI is InChI=1S/C16H31NS/c1-3-9-15(10-4-2)11-16(12-15,13-17)18-14-7-5-6-8-14/h14H,3-13,17H2,1-2H3. The number of rotatable bonds is 7. The minimum Gasteiger partial charge on any atom is -0.329 e. The van der Waals surface area contributed by atoms with Crippen molar-refractivity contribution in [1.29, 1.82) is 0 Å². The Balaban J connectivity index is 1.91. The van der Waals surface area contributed by atoms with Gasteiger partial charge < -0.3 is 5.73 Å². The van der Waals surface area contributed by atoms with Crippen LogP contribution in [-0.2, 0) is 0 Å². The van der Waals surface area contributed by atoms with E-state index in [0.717, 1.165) is 11.8 Å². The van der Waals surface area contributed by atoms with E-state index in [-0.39, 0.29) is 0 Å². The van der Waals surface area contributed by atoms with Crippen molar-refractivity contribution in [2.24, 2.45) is 11.1 Å². The smallest absolute Gasteiger partial charge is 0.0295 e. The molecule has 0 aliphatic heterocycles. The van der Waals surface area contributed by atoms with E-state index < -0.39 is 0 Å². The number of thioether (sulfide) groups is 1. The fourth-order valence-electron chi connectivity index (χ4n) is 4.49. The van der Waals surface area contributed by atoms with Gasteiger partial charge in [-0.25, -0.2) is 0 Å². The van der Waals surface area contributed by atoms with Gasteiger partial charge in [0.1, 0.15) is 0 Å².